The van der Waals surface area contributed by atoms with E-state index < -0.39 is 20.6 Å². The topological polar surface area (TPSA) is 101 Å². The summed E-state index contributed by atoms with van der Waals surface area (Å²) >= 11 is 3.36. The molecule has 1 aliphatic heterocycles. The highest BCUT2D eigenvalue weighted by Gasteiger charge is 2.34. The molecule has 3 rings (SSSR count). The highest BCUT2D eigenvalue weighted by atomic mass is 79.9. The molecule has 2 aromatic rings. The van der Waals surface area contributed by atoms with Crippen LogP contribution in [0.5, 0.6) is 0 Å². The zero-order valence-electron chi connectivity index (χ0n) is 15.0. The molecule has 1 fully saturated rings. The highest BCUT2D eigenvalue weighted by Crippen LogP contribution is 2.27. The maximum atomic E-state index is 12.9. The molecule has 1 saturated heterocycles. The first-order valence-electron chi connectivity index (χ1n) is 8.51. The SMILES string of the molecule is Cc1cc(Br)ccc1C(=O)N1CCN(S(=O)(=O)c2ccccc2[N+](=O)[O-])CC1. The number of hydrogen-bond donors (Lipinski definition) is 0. The maximum Gasteiger partial charge on any atom is 0.289 e. The third kappa shape index (κ3) is 3.94. The maximum absolute atomic E-state index is 12.9. The molecule has 0 bridgehead atoms. The van der Waals surface area contributed by atoms with Crippen molar-refractivity contribution in [3.63, 3.8) is 0 Å². The van der Waals surface area contributed by atoms with E-state index >= 15 is 0 Å². The first-order chi connectivity index (χ1) is 13.2. The van der Waals surface area contributed by atoms with Crippen LogP contribution in [0.15, 0.2) is 51.8 Å². The van der Waals surface area contributed by atoms with Crippen LogP contribution < -0.4 is 0 Å². The van der Waals surface area contributed by atoms with E-state index in [1.54, 1.807) is 17.0 Å². The molecule has 28 heavy (non-hydrogen) atoms. The predicted octanol–water partition coefficient (Wildman–Crippen LogP) is 2.81. The third-order valence-corrected chi connectivity index (χ3v) is 7.06. The lowest BCUT2D eigenvalue weighted by atomic mass is 10.1. The van der Waals surface area contributed by atoms with Gasteiger partial charge in [-0.15, -0.1) is 0 Å². The molecule has 10 heteroatoms. The molecule has 148 valence electrons. The fraction of sp³-hybridized carbons (Fsp3) is 0.278. The number of nitro benzene ring substituents is 1. The largest absolute Gasteiger partial charge is 0.336 e. The van der Waals surface area contributed by atoms with Crippen LogP contribution in [-0.2, 0) is 10.0 Å². The number of para-hydroxylation sites is 1. The minimum Gasteiger partial charge on any atom is -0.336 e. The number of carbonyl (C=O) groups excluding carboxylic acids is 1. The van der Waals surface area contributed by atoms with Crippen LogP contribution in [0.4, 0.5) is 5.69 Å². The molecule has 1 aliphatic rings. The Balaban J connectivity index is 1.76. The van der Waals surface area contributed by atoms with Gasteiger partial charge in [0.25, 0.3) is 11.6 Å². The van der Waals surface area contributed by atoms with E-state index in [1.165, 1.54) is 28.6 Å². The van der Waals surface area contributed by atoms with Crippen LogP contribution in [0.2, 0.25) is 0 Å². The number of nitrogens with zero attached hydrogens (tertiary/aromatic N) is 3. The number of nitro groups is 1. The molecule has 2 aromatic carbocycles. The van der Waals surface area contributed by atoms with Crippen molar-refractivity contribution < 1.29 is 18.1 Å². The van der Waals surface area contributed by atoms with Crippen LogP contribution in [0, 0.1) is 17.0 Å². The fourth-order valence-corrected chi connectivity index (χ4v) is 5.19. The van der Waals surface area contributed by atoms with Crippen molar-refractivity contribution in [1.82, 2.24) is 9.21 Å². The summed E-state index contributed by atoms with van der Waals surface area (Å²) in [7, 11) is -4.02. The van der Waals surface area contributed by atoms with Crippen LogP contribution >= 0.6 is 15.9 Å². The van der Waals surface area contributed by atoms with Gasteiger partial charge in [-0.2, -0.15) is 4.31 Å². The van der Waals surface area contributed by atoms with Crippen molar-refractivity contribution in [3.05, 3.63) is 68.2 Å². The molecule has 8 nitrogen and oxygen atoms in total. The Morgan fingerprint density at radius 3 is 2.36 bits per heavy atom. The summed E-state index contributed by atoms with van der Waals surface area (Å²) in [4.78, 5) is 24.5. The Labute approximate surface area is 171 Å². The quantitative estimate of drug-likeness (QED) is 0.508. The van der Waals surface area contributed by atoms with Gasteiger partial charge in [0.2, 0.25) is 10.0 Å². The van der Waals surface area contributed by atoms with Gasteiger partial charge < -0.3 is 4.90 Å². The molecule has 0 N–H and O–H groups in total. The lowest BCUT2D eigenvalue weighted by molar-refractivity contribution is -0.387. The summed E-state index contributed by atoms with van der Waals surface area (Å²) in [5.41, 5.74) is 0.944. The van der Waals surface area contributed by atoms with Crippen LogP contribution in [0.25, 0.3) is 0 Å². The Bertz CT molecular complexity index is 1030. The number of halogens is 1. The minimum absolute atomic E-state index is 0.0791. The summed E-state index contributed by atoms with van der Waals surface area (Å²) in [5, 5.41) is 11.2. The van der Waals surface area contributed by atoms with E-state index in [0.717, 1.165) is 10.0 Å². The Kier molecular flexibility index (Phi) is 5.82. The number of benzene rings is 2. The summed E-state index contributed by atoms with van der Waals surface area (Å²) < 4.78 is 27.8. The van der Waals surface area contributed by atoms with Gasteiger partial charge in [0.05, 0.1) is 4.92 Å². The summed E-state index contributed by atoms with van der Waals surface area (Å²) in [5.74, 6) is -0.160. The Morgan fingerprint density at radius 2 is 1.75 bits per heavy atom. The zero-order chi connectivity index (χ0) is 20.5. The average Bonchev–Trinajstić information content (AvgIpc) is 2.67. The fourth-order valence-electron chi connectivity index (χ4n) is 3.13. The molecule has 0 radical (unpaired) electrons. The Morgan fingerprint density at radius 1 is 1.11 bits per heavy atom. The van der Waals surface area contributed by atoms with Crippen LogP contribution in [-0.4, -0.2) is 54.6 Å². The molecule has 0 aliphatic carbocycles. The van der Waals surface area contributed by atoms with E-state index in [-0.39, 0.29) is 37.0 Å². The van der Waals surface area contributed by atoms with Crippen LogP contribution in [0.3, 0.4) is 0 Å². The van der Waals surface area contributed by atoms with Gasteiger partial charge in [-0.25, -0.2) is 8.42 Å². The van der Waals surface area contributed by atoms with E-state index in [0.29, 0.717) is 5.56 Å². The number of aryl methyl sites for hydroxylation is 1. The molecule has 0 saturated carbocycles. The number of amides is 1. The van der Waals surface area contributed by atoms with Gasteiger partial charge in [-0.1, -0.05) is 28.1 Å². The number of sulfonamides is 1. The summed E-state index contributed by atoms with van der Waals surface area (Å²) in [6, 6.07) is 10.7. The van der Waals surface area contributed by atoms with E-state index in [1.807, 2.05) is 13.0 Å². The van der Waals surface area contributed by atoms with E-state index in [4.69, 9.17) is 0 Å². The molecule has 1 heterocycles. The lowest BCUT2D eigenvalue weighted by Gasteiger charge is -2.34. The second-order valence-corrected chi connectivity index (χ2v) is 9.20. The summed E-state index contributed by atoms with van der Waals surface area (Å²) in [6.07, 6.45) is 0. The highest BCUT2D eigenvalue weighted by molar-refractivity contribution is 9.10. The van der Waals surface area contributed by atoms with Crippen molar-refractivity contribution in [1.29, 1.82) is 0 Å². The summed E-state index contributed by atoms with van der Waals surface area (Å²) in [6.45, 7) is 2.43. The molecular formula is C18H18BrN3O5S. The number of rotatable bonds is 4. The zero-order valence-corrected chi connectivity index (χ0v) is 17.4. The second kappa shape index (κ2) is 7.98. The minimum atomic E-state index is -4.02. The molecular weight excluding hydrogens is 450 g/mol. The normalized spacial score (nSPS) is 15.4. The molecule has 0 spiro atoms. The third-order valence-electron chi connectivity index (χ3n) is 4.62. The van der Waals surface area contributed by atoms with Gasteiger partial charge in [0, 0.05) is 42.3 Å². The molecule has 0 atom stereocenters. The number of carbonyl (C=O) groups is 1. The van der Waals surface area contributed by atoms with Crippen molar-refractivity contribution >= 4 is 37.5 Å². The smallest absolute Gasteiger partial charge is 0.289 e. The lowest BCUT2D eigenvalue weighted by Crippen LogP contribution is -2.50. The van der Waals surface area contributed by atoms with Gasteiger partial charge >= 0.3 is 0 Å². The van der Waals surface area contributed by atoms with E-state index in [2.05, 4.69) is 15.9 Å². The van der Waals surface area contributed by atoms with Crippen molar-refractivity contribution in [2.45, 2.75) is 11.8 Å². The van der Waals surface area contributed by atoms with Gasteiger partial charge in [-0.3, -0.25) is 14.9 Å². The molecule has 1 amide bonds. The average molecular weight is 468 g/mol. The monoisotopic (exact) mass is 467 g/mol. The first kappa shape index (κ1) is 20.4. The van der Waals surface area contributed by atoms with Crippen molar-refractivity contribution in [3.8, 4) is 0 Å². The van der Waals surface area contributed by atoms with Gasteiger partial charge in [0.1, 0.15) is 0 Å². The Hall–Kier alpha value is -2.30. The van der Waals surface area contributed by atoms with Crippen molar-refractivity contribution in [2.24, 2.45) is 0 Å². The predicted molar refractivity (Wildman–Crippen MR) is 107 cm³/mol. The van der Waals surface area contributed by atoms with Crippen LogP contribution in [0.1, 0.15) is 15.9 Å². The first-order valence-corrected chi connectivity index (χ1v) is 10.7. The van der Waals surface area contributed by atoms with Gasteiger partial charge in [0.15, 0.2) is 4.90 Å². The molecule has 0 aromatic heterocycles. The standard InChI is InChI=1S/C18H18BrN3O5S/c1-13-12-14(19)6-7-15(13)18(23)20-8-10-21(11-9-20)28(26,27)17-5-3-2-4-16(17)22(24)25/h2-7,12H,8-11H2,1H3. The van der Waals surface area contributed by atoms with Crippen molar-refractivity contribution in [2.75, 3.05) is 26.2 Å². The number of hydrogen-bond acceptors (Lipinski definition) is 5. The molecule has 0 unspecified atom stereocenters. The second-order valence-electron chi connectivity index (χ2n) is 6.38. The number of piperazine rings is 1. The van der Waals surface area contributed by atoms with E-state index in [9.17, 15) is 23.3 Å². The van der Waals surface area contributed by atoms with Gasteiger partial charge in [-0.05, 0) is 36.8 Å².